The van der Waals surface area contributed by atoms with Crippen LogP contribution in [-0.2, 0) is 0 Å². The molecule has 156 valence electrons. The lowest BCUT2D eigenvalue weighted by atomic mass is 10.1. The van der Waals surface area contributed by atoms with Gasteiger partial charge in [-0.1, -0.05) is 24.3 Å². The number of aromatic nitrogens is 3. The van der Waals surface area contributed by atoms with Gasteiger partial charge in [-0.05, 0) is 25.4 Å². The first-order valence-corrected chi connectivity index (χ1v) is 10.8. The molecule has 0 saturated carbocycles. The van der Waals surface area contributed by atoms with E-state index >= 15 is 0 Å². The normalized spacial score (nSPS) is 18.3. The van der Waals surface area contributed by atoms with Gasteiger partial charge in [0.25, 0.3) is 0 Å². The summed E-state index contributed by atoms with van der Waals surface area (Å²) in [4.78, 5) is 23.8. The Morgan fingerprint density at radius 2 is 1.47 bits per heavy atom. The van der Waals surface area contributed by atoms with Gasteiger partial charge in [-0.25, -0.2) is 9.97 Å². The molecule has 0 aliphatic carbocycles. The van der Waals surface area contributed by atoms with Gasteiger partial charge in [-0.15, -0.1) is 0 Å². The molecule has 5 rings (SSSR count). The largest absolute Gasteiger partial charge is 0.353 e. The van der Waals surface area contributed by atoms with E-state index in [1.807, 2.05) is 6.20 Å². The Balaban J connectivity index is 1.32. The highest BCUT2D eigenvalue weighted by Gasteiger charge is 2.23. The van der Waals surface area contributed by atoms with Gasteiger partial charge in [0.05, 0.1) is 0 Å². The Bertz CT molecular complexity index is 1020. The first-order valence-electron chi connectivity index (χ1n) is 10.8. The van der Waals surface area contributed by atoms with E-state index in [4.69, 9.17) is 15.0 Å². The molecule has 2 aromatic heterocycles. The number of benzene rings is 1. The van der Waals surface area contributed by atoms with Crippen molar-refractivity contribution < 1.29 is 0 Å². The van der Waals surface area contributed by atoms with Crippen molar-refractivity contribution in [2.45, 2.75) is 6.92 Å². The Morgan fingerprint density at radius 3 is 2.27 bits per heavy atom. The molecule has 7 nitrogen and oxygen atoms in total. The van der Waals surface area contributed by atoms with Crippen molar-refractivity contribution in [3.63, 3.8) is 0 Å². The standard InChI is InChI=1S/C23H29N7/c1-18-17-21(26-23(25-18)30-11-9-27(2)10-12-30)28-13-15-29(16-14-28)22-20-6-4-3-5-19(20)7-8-24-22/h3-8,17H,9-16H2,1-2H3. The predicted molar refractivity (Wildman–Crippen MR) is 123 cm³/mol. The number of rotatable bonds is 3. The highest BCUT2D eigenvalue weighted by Crippen LogP contribution is 2.26. The van der Waals surface area contributed by atoms with Crippen LogP contribution in [0.15, 0.2) is 42.6 Å². The van der Waals surface area contributed by atoms with Crippen molar-refractivity contribution in [2.75, 3.05) is 74.1 Å². The minimum atomic E-state index is 0.872. The Morgan fingerprint density at radius 1 is 0.767 bits per heavy atom. The van der Waals surface area contributed by atoms with E-state index in [-0.39, 0.29) is 0 Å². The van der Waals surface area contributed by atoms with Crippen LogP contribution in [0.5, 0.6) is 0 Å². The van der Waals surface area contributed by atoms with Crippen LogP contribution in [0.1, 0.15) is 5.69 Å². The fourth-order valence-corrected chi connectivity index (χ4v) is 4.35. The third-order valence-electron chi connectivity index (χ3n) is 6.17. The number of hydrogen-bond donors (Lipinski definition) is 0. The molecule has 2 aliphatic rings. The van der Waals surface area contributed by atoms with E-state index in [0.29, 0.717) is 0 Å². The second-order valence-corrected chi connectivity index (χ2v) is 8.29. The summed E-state index contributed by atoms with van der Waals surface area (Å²) >= 11 is 0. The zero-order valence-corrected chi connectivity index (χ0v) is 17.8. The lowest BCUT2D eigenvalue weighted by molar-refractivity contribution is 0.311. The number of likely N-dealkylation sites (N-methyl/N-ethyl adjacent to an activating group) is 1. The maximum atomic E-state index is 4.94. The summed E-state index contributed by atoms with van der Waals surface area (Å²) in [6.45, 7) is 9.91. The molecule has 30 heavy (non-hydrogen) atoms. The number of nitrogens with zero attached hydrogens (tertiary/aromatic N) is 7. The lowest BCUT2D eigenvalue weighted by Gasteiger charge is -2.37. The molecule has 0 atom stereocenters. The minimum absolute atomic E-state index is 0.872. The maximum absolute atomic E-state index is 4.94. The monoisotopic (exact) mass is 403 g/mol. The number of aryl methyl sites for hydroxylation is 1. The van der Waals surface area contributed by atoms with E-state index in [1.165, 1.54) is 10.8 Å². The number of hydrogen-bond acceptors (Lipinski definition) is 7. The van der Waals surface area contributed by atoms with Crippen LogP contribution >= 0.6 is 0 Å². The Labute approximate surface area is 178 Å². The molecule has 3 aromatic rings. The van der Waals surface area contributed by atoms with E-state index in [2.05, 4.69) is 70.0 Å². The summed E-state index contributed by atoms with van der Waals surface area (Å²) in [5.41, 5.74) is 1.03. The number of pyridine rings is 1. The first-order chi connectivity index (χ1) is 14.7. The molecule has 0 spiro atoms. The fraction of sp³-hybridized carbons (Fsp3) is 0.435. The highest BCUT2D eigenvalue weighted by atomic mass is 15.4. The first kappa shape index (κ1) is 19.1. The van der Waals surface area contributed by atoms with Crippen molar-refractivity contribution in [1.29, 1.82) is 0 Å². The highest BCUT2D eigenvalue weighted by molar-refractivity contribution is 5.92. The molecule has 7 heteroatoms. The van der Waals surface area contributed by atoms with Gasteiger partial charge in [-0.3, -0.25) is 0 Å². The average Bonchev–Trinajstić information content (AvgIpc) is 2.79. The smallest absolute Gasteiger partial charge is 0.227 e. The van der Waals surface area contributed by atoms with Gasteiger partial charge in [0.15, 0.2) is 0 Å². The maximum Gasteiger partial charge on any atom is 0.227 e. The van der Waals surface area contributed by atoms with Crippen molar-refractivity contribution in [1.82, 2.24) is 19.9 Å². The summed E-state index contributed by atoms with van der Waals surface area (Å²) in [5, 5.41) is 2.47. The van der Waals surface area contributed by atoms with Crippen molar-refractivity contribution in [2.24, 2.45) is 0 Å². The Hall–Kier alpha value is -2.93. The molecular weight excluding hydrogens is 374 g/mol. The van der Waals surface area contributed by atoms with Crippen LogP contribution in [0.3, 0.4) is 0 Å². The van der Waals surface area contributed by atoms with E-state index in [1.54, 1.807) is 0 Å². The topological polar surface area (TPSA) is 51.6 Å². The third kappa shape index (κ3) is 3.77. The van der Waals surface area contributed by atoms with Crippen LogP contribution in [0.4, 0.5) is 17.6 Å². The molecule has 2 saturated heterocycles. The molecule has 0 radical (unpaired) electrons. The zero-order chi connectivity index (χ0) is 20.5. The molecule has 0 amide bonds. The molecule has 4 heterocycles. The summed E-state index contributed by atoms with van der Waals surface area (Å²) < 4.78 is 0. The van der Waals surface area contributed by atoms with Gasteiger partial charge >= 0.3 is 0 Å². The van der Waals surface area contributed by atoms with Gasteiger partial charge in [0.2, 0.25) is 5.95 Å². The van der Waals surface area contributed by atoms with E-state index in [9.17, 15) is 0 Å². The zero-order valence-electron chi connectivity index (χ0n) is 17.8. The molecule has 0 bridgehead atoms. The SMILES string of the molecule is Cc1cc(N2CCN(c3nccc4ccccc34)CC2)nc(N2CCN(C)CC2)n1. The van der Waals surface area contributed by atoms with Gasteiger partial charge < -0.3 is 19.6 Å². The van der Waals surface area contributed by atoms with Gasteiger partial charge in [0.1, 0.15) is 11.6 Å². The quantitative estimate of drug-likeness (QED) is 0.666. The average molecular weight is 404 g/mol. The van der Waals surface area contributed by atoms with Crippen LogP contribution in [0.25, 0.3) is 10.8 Å². The molecule has 0 N–H and O–H groups in total. The number of piperazine rings is 2. The third-order valence-corrected chi connectivity index (χ3v) is 6.17. The van der Waals surface area contributed by atoms with Crippen molar-refractivity contribution in [3.8, 4) is 0 Å². The molecule has 1 aromatic carbocycles. The van der Waals surface area contributed by atoms with Crippen LogP contribution in [-0.4, -0.2) is 79.3 Å². The summed E-state index contributed by atoms with van der Waals surface area (Å²) in [5.74, 6) is 3.00. The molecule has 0 unspecified atom stereocenters. The molecule has 2 aliphatic heterocycles. The van der Waals surface area contributed by atoms with E-state index < -0.39 is 0 Å². The summed E-state index contributed by atoms with van der Waals surface area (Å²) in [7, 11) is 2.17. The van der Waals surface area contributed by atoms with Crippen LogP contribution in [0.2, 0.25) is 0 Å². The van der Waals surface area contributed by atoms with Gasteiger partial charge in [-0.2, -0.15) is 4.98 Å². The van der Waals surface area contributed by atoms with Crippen LogP contribution in [0, 0.1) is 6.92 Å². The second-order valence-electron chi connectivity index (χ2n) is 8.29. The summed E-state index contributed by atoms with van der Waals surface area (Å²) in [6, 6.07) is 12.7. The molecule has 2 fully saturated rings. The number of anilines is 3. The summed E-state index contributed by atoms with van der Waals surface area (Å²) in [6.07, 6.45) is 1.92. The van der Waals surface area contributed by atoms with Crippen LogP contribution < -0.4 is 14.7 Å². The predicted octanol–water partition coefficient (Wildman–Crippen LogP) is 2.41. The molecular formula is C23H29N7. The second kappa shape index (κ2) is 8.07. The van der Waals surface area contributed by atoms with E-state index in [0.717, 1.165) is 75.6 Å². The Kier molecular flexibility index (Phi) is 5.12. The minimum Gasteiger partial charge on any atom is -0.353 e. The van der Waals surface area contributed by atoms with Crippen molar-refractivity contribution in [3.05, 3.63) is 48.3 Å². The fourth-order valence-electron chi connectivity index (χ4n) is 4.35. The number of fused-ring (bicyclic) bond motifs is 1. The van der Waals surface area contributed by atoms with Crippen molar-refractivity contribution >= 4 is 28.4 Å². The lowest BCUT2D eigenvalue weighted by Crippen LogP contribution is -2.48. The van der Waals surface area contributed by atoms with Gasteiger partial charge in [0, 0.05) is 75.7 Å².